The molecule has 0 amide bonds. The topological polar surface area (TPSA) is 15.3 Å². The van der Waals surface area contributed by atoms with Crippen molar-refractivity contribution in [1.29, 1.82) is 0 Å². The Morgan fingerprint density at radius 1 is 0.944 bits per heavy atom. The SMILES string of the molecule is CCC1CCC(N2CCC(CCNC)CC2)CC1. The molecule has 1 aliphatic carbocycles. The van der Waals surface area contributed by atoms with Crippen LogP contribution in [0.2, 0.25) is 0 Å². The predicted molar refractivity (Wildman–Crippen MR) is 78.9 cm³/mol. The fourth-order valence-electron chi connectivity index (χ4n) is 3.87. The molecule has 2 fully saturated rings. The van der Waals surface area contributed by atoms with Crippen LogP contribution in [0, 0.1) is 11.8 Å². The number of hydrogen-bond acceptors (Lipinski definition) is 2. The van der Waals surface area contributed by atoms with Crippen LogP contribution in [0.3, 0.4) is 0 Å². The summed E-state index contributed by atoms with van der Waals surface area (Å²) in [4.78, 5) is 2.81. The van der Waals surface area contributed by atoms with Crippen molar-refractivity contribution >= 4 is 0 Å². The molecule has 2 rings (SSSR count). The van der Waals surface area contributed by atoms with Crippen molar-refractivity contribution < 1.29 is 0 Å². The average molecular weight is 252 g/mol. The molecule has 18 heavy (non-hydrogen) atoms. The third kappa shape index (κ3) is 3.96. The first-order valence-corrected chi connectivity index (χ1v) is 8.22. The Kier molecular flexibility index (Phi) is 5.97. The Bertz CT molecular complexity index is 213. The fraction of sp³-hybridized carbons (Fsp3) is 1.00. The van der Waals surface area contributed by atoms with Crippen LogP contribution < -0.4 is 5.32 Å². The third-order valence-corrected chi connectivity index (χ3v) is 5.36. The maximum Gasteiger partial charge on any atom is 0.00954 e. The number of nitrogens with zero attached hydrogens (tertiary/aromatic N) is 1. The predicted octanol–water partition coefficient (Wildman–Crippen LogP) is 3.28. The van der Waals surface area contributed by atoms with Crippen LogP contribution in [0.25, 0.3) is 0 Å². The van der Waals surface area contributed by atoms with Crippen molar-refractivity contribution in [3.8, 4) is 0 Å². The van der Waals surface area contributed by atoms with Crippen LogP contribution in [-0.2, 0) is 0 Å². The monoisotopic (exact) mass is 252 g/mol. The molecule has 106 valence electrons. The second-order valence-electron chi connectivity index (χ2n) is 6.45. The molecule has 0 atom stereocenters. The molecule has 0 aromatic carbocycles. The van der Waals surface area contributed by atoms with Crippen molar-refractivity contribution in [2.75, 3.05) is 26.7 Å². The van der Waals surface area contributed by atoms with Crippen molar-refractivity contribution in [1.82, 2.24) is 10.2 Å². The van der Waals surface area contributed by atoms with E-state index < -0.39 is 0 Å². The van der Waals surface area contributed by atoms with Gasteiger partial charge in [0.05, 0.1) is 0 Å². The van der Waals surface area contributed by atoms with Gasteiger partial charge in [0.25, 0.3) is 0 Å². The van der Waals surface area contributed by atoms with E-state index in [2.05, 4.69) is 24.2 Å². The van der Waals surface area contributed by atoms with Crippen LogP contribution in [0.15, 0.2) is 0 Å². The molecule has 0 aromatic heterocycles. The van der Waals surface area contributed by atoms with Gasteiger partial charge in [-0.05, 0) is 83.5 Å². The lowest BCUT2D eigenvalue weighted by atomic mass is 9.82. The molecule has 1 N–H and O–H groups in total. The molecule has 2 heteroatoms. The van der Waals surface area contributed by atoms with Crippen molar-refractivity contribution in [3.05, 3.63) is 0 Å². The van der Waals surface area contributed by atoms with E-state index in [1.165, 1.54) is 71.0 Å². The minimum Gasteiger partial charge on any atom is -0.320 e. The zero-order valence-corrected chi connectivity index (χ0v) is 12.5. The summed E-state index contributed by atoms with van der Waals surface area (Å²) in [6.45, 7) is 6.30. The van der Waals surface area contributed by atoms with E-state index in [9.17, 15) is 0 Å². The largest absolute Gasteiger partial charge is 0.320 e. The van der Waals surface area contributed by atoms with Crippen molar-refractivity contribution in [2.45, 2.75) is 64.3 Å². The summed E-state index contributed by atoms with van der Waals surface area (Å²) in [5.74, 6) is 2.02. The van der Waals surface area contributed by atoms with Crippen LogP contribution in [0.4, 0.5) is 0 Å². The first-order valence-electron chi connectivity index (χ1n) is 8.22. The molecule has 1 heterocycles. The number of piperidine rings is 1. The normalized spacial score (nSPS) is 31.7. The highest BCUT2D eigenvalue weighted by Crippen LogP contribution is 2.32. The summed E-state index contributed by atoms with van der Waals surface area (Å²) in [6.07, 6.45) is 11.6. The first-order chi connectivity index (χ1) is 8.83. The Morgan fingerprint density at radius 2 is 1.61 bits per heavy atom. The molecule has 2 nitrogen and oxygen atoms in total. The molecular formula is C16H32N2. The molecule has 0 aromatic rings. The molecular weight excluding hydrogens is 220 g/mol. The minimum absolute atomic E-state index is 0.929. The zero-order chi connectivity index (χ0) is 12.8. The van der Waals surface area contributed by atoms with Gasteiger partial charge in [-0.2, -0.15) is 0 Å². The van der Waals surface area contributed by atoms with Crippen LogP contribution in [0.5, 0.6) is 0 Å². The van der Waals surface area contributed by atoms with Gasteiger partial charge in [-0.3, -0.25) is 0 Å². The van der Waals surface area contributed by atoms with E-state index in [0.717, 1.165) is 17.9 Å². The van der Waals surface area contributed by atoms with E-state index in [0.29, 0.717) is 0 Å². The summed E-state index contributed by atoms with van der Waals surface area (Å²) in [7, 11) is 2.07. The summed E-state index contributed by atoms with van der Waals surface area (Å²) >= 11 is 0. The maximum atomic E-state index is 3.29. The Balaban J connectivity index is 1.67. The Labute approximate surface area is 114 Å². The van der Waals surface area contributed by atoms with Gasteiger partial charge < -0.3 is 10.2 Å². The smallest absolute Gasteiger partial charge is 0.00954 e. The number of hydrogen-bond donors (Lipinski definition) is 1. The summed E-state index contributed by atoms with van der Waals surface area (Å²) in [5.41, 5.74) is 0. The van der Waals surface area contributed by atoms with Gasteiger partial charge in [0.2, 0.25) is 0 Å². The minimum atomic E-state index is 0.929. The van der Waals surface area contributed by atoms with Crippen LogP contribution in [-0.4, -0.2) is 37.6 Å². The second kappa shape index (κ2) is 7.49. The zero-order valence-electron chi connectivity index (χ0n) is 12.5. The Morgan fingerprint density at radius 3 is 2.17 bits per heavy atom. The highest BCUT2D eigenvalue weighted by molar-refractivity contribution is 4.83. The van der Waals surface area contributed by atoms with Gasteiger partial charge in [0.15, 0.2) is 0 Å². The molecule has 0 unspecified atom stereocenters. The lowest BCUT2D eigenvalue weighted by Crippen LogP contribution is -2.43. The highest BCUT2D eigenvalue weighted by atomic mass is 15.2. The summed E-state index contributed by atoms with van der Waals surface area (Å²) < 4.78 is 0. The van der Waals surface area contributed by atoms with E-state index >= 15 is 0 Å². The molecule has 0 spiro atoms. The molecule has 2 aliphatic rings. The van der Waals surface area contributed by atoms with Crippen molar-refractivity contribution in [3.63, 3.8) is 0 Å². The van der Waals surface area contributed by atoms with E-state index in [-0.39, 0.29) is 0 Å². The van der Waals surface area contributed by atoms with E-state index in [1.54, 1.807) is 0 Å². The van der Waals surface area contributed by atoms with Gasteiger partial charge >= 0.3 is 0 Å². The molecule has 1 saturated carbocycles. The second-order valence-corrected chi connectivity index (χ2v) is 6.45. The van der Waals surface area contributed by atoms with Crippen LogP contribution >= 0.6 is 0 Å². The van der Waals surface area contributed by atoms with Gasteiger partial charge in [0.1, 0.15) is 0 Å². The van der Waals surface area contributed by atoms with E-state index in [4.69, 9.17) is 0 Å². The number of nitrogens with one attached hydrogen (secondary N) is 1. The summed E-state index contributed by atoms with van der Waals surface area (Å²) in [6, 6.07) is 0.929. The highest BCUT2D eigenvalue weighted by Gasteiger charge is 2.28. The lowest BCUT2D eigenvalue weighted by Gasteiger charge is -2.40. The standard InChI is InChI=1S/C16H32N2/c1-3-14-4-6-16(7-5-14)18-12-9-15(10-13-18)8-11-17-2/h14-17H,3-13H2,1-2H3. The van der Waals surface area contributed by atoms with Gasteiger partial charge in [-0.15, -0.1) is 0 Å². The van der Waals surface area contributed by atoms with Gasteiger partial charge in [-0.1, -0.05) is 13.3 Å². The van der Waals surface area contributed by atoms with Gasteiger partial charge in [-0.25, -0.2) is 0 Å². The van der Waals surface area contributed by atoms with E-state index in [1.807, 2.05) is 0 Å². The number of likely N-dealkylation sites (tertiary alicyclic amines) is 1. The molecule has 1 aliphatic heterocycles. The lowest BCUT2D eigenvalue weighted by molar-refractivity contribution is 0.0919. The number of rotatable bonds is 5. The molecule has 0 radical (unpaired) electrons. The quantitative estimate of drug-likeness (QED) is 0.808. The molecule has 0 bridgehead atoms. The van der Waals surface area contributed by atoms with Crippen molar-refractivity contribution in [2.24, 2.45) is 11.8 Å². The fourth-order valence-corrected chi connectivity index (χ4v) is 3.87. The van der Waals surface area contributed by atoms with Crippen LogP contribution in [0.1, 0.15) is 58.3 Å². The third-order valence-electron chi connectivity index (χ3n) is 5.36. The first kappa shape index (κ1) is 14.3. The Hall–Kier alpha value is -0.0800. The summed E-state index contributed by atoms with van der Waals surface area (Å²) in [5, 5.41) is 3.29. The van der Waals surface area contributed by atoms with Gasteiger partial charge in [0, 0.05) is 6.04 Å². The maximum absolute atomic E-state index is 3.29. The molecule has 1 saturated heterocycles. The average Bonchev–Trinajstić information content (AvgIpc) is 2.46.